The van der Waals surface area contributed by atoms with Gasteiger partial charge in [-0.3, -0.25) is 4.79 Å². The SMILES string of the molecule is CC(CC(C)(C)C)C1CCCCC1NC(=O)/C(=C/N)C(N)C(F)(F)F. The van der Waals surface area contributed by atoms with Gasteiger partial charge in [-0.05, 0) is 36.5 Å². The van der Waals surface area contributed by atoms with Gasteiger partial charge in [-0.15, -0.1) is 0 Å². The summed E-state index contributed by atoms with van der Waals surface area (Å²) in [4.78, 5) is 12.3. The number of hydrogen-bond donors (Lipinski definition) is 3. The fourth-order valence-corrected chi connectivity index (χ4v) is 3.89. The molecule has 1 rings (SSSR count). The van der Waals surface area contributed by atoms with E-state index >= 15 is 0 Å². The highest BCUT2D eigenvalue weighted by Gasteiger charge is 2.42. The van der Waals surface area contributed by atoms with E-state index in [0.717, 1.165) is 32.1 Å². The normalized spacial score (nSPS) is 25.4. The van der Waals surface area contributed by atoms with Gasteiger partial charge >= 0.3 is 6.18 Å². The Hall–Kier alpha value is -1.24. The largest absolute Gasteiger partial charge is 0.407 e. The van der Waals surface area contributed by atoms with Gasteiger partial charge in [0, 0.05) is 12.2 Å². The molecule has 0 saturated heterocycles. The number of amides is 1. The molecule has 0 heterocycles. The molecule has 25 heavy (non-hydrogen) atoms. The second-order valence-electron chi connectivity index (χ2n) is 8.41. The molecule has 0 spiro atoms. The maximum absolute atomic E-state index is 12.8. The minimum absolute atomic E-state index is 0.144. The molecule has 0 aliphatic heterocycles. The molecule has 1 fully saturated rings. The number of carbonyl (C=O) groups excluding carboxylic acids is 1. The molecule has 0 aromatic heterocycles. The number of nitrogens with one attached hydrogen (secondary N) is 1. The van der Waals surface area contributed by atoms with E-state index in [1.54, 1.807) is 0 Å². The van der Waals surface area contributed by atoms with Gasteiger partial charge in [0.2, 0.25) is 0 Å². The summed E-state index contributed by atoms with van der Waals surface area (Å²) in [5, 5.41) is 2.77. The van der Waals surface area contributed by atoms with Crippen molar-refractivity contribution in [2.75, 3.05) is 0 Å². The van der Waals surface area contributed by atoms with Gasteiger partial charge in [-0.2, -0.15) is 13.2 Å². The zero-order chi connectivity index (χ0) is 19.4. The molecular formula is C18H32F3N3O. The lowest BCUT2D eigenvalue weighted by Crippen LogP contribution is -2.50. The topological polar surface area (TPSA) is 81.1 Å². The van der Waals surface area contributed by atoms with Crippen LogP contribution in [-0.4, -0.2) is 24.2 Å². The van der Waals surface area contributed by atoms with E-state index < -0.39 is 23.7 Å². The molecule has 0 aromatic rings. The molecule has 1 aliphatic rings. The first-order valence-electron chi connectivity index (χ1n) is 8.91. The van der Waals surface area contributed by atoms with Crippen LogP contribution in [0.3, 0.4) is 0 Å². The number of hydrogen-bond acceptors (Lipinski definition) is 3. The van der Waals surface area contributed by atoms with Crippen molar-refractivity contribution in [3.63, 3.8) is 0 Å². The first-order valence-corrected chi connectivity index (χ1v) is 8.91. The van der Waals surface area contributed by atoms with Crippen LogP contribution in [0.5, 0.6) is 0 Å². The van der Waals surface area contributed by atoms with Crippen LogP contribution in [0.2, 0.25) is 0 Å². The van der Waals surface area contributed by atoms with Crippen molar-refractivity contribution in [2.45, 2.75) is 78.1 Å². The maximum atomic E-state index is 12.8. The quantitative estimate of drug-likeness (QED) is 0.654. The monoisotopic (exact) mass is 363 g/mol. The fourth-order valence-electron chi connectivity index (χ4n) is 3.89. The van der Waals surface area contributed by atoms with Crippen LogP contribution in [0, 0.1) is 17.3 Å². The summed E-state index contributed by atoms with van der Waals surface area (Å²) in [6.07, 6.45) is 0.729. The third-order valence-corrected chi connectivity index (χ3v) is 4.93. The molecule has 4 nitrogen and oxygen atoms in total. The maximum Gasteiger partial charge on any atom is 0.407 e. The Kier molecular flexibility index (Phi) is 7.35. The van der Waals surface area contributed by atoms with Crippen molar-refractivity contribution in [1.29, 1.82) is 0 Å². The molecule has 1 aliphatic carbocycles. The molecular weight excluding hydrogens is 331 g/mol. The van der Waals surface area contributed by atoms with Gasteiger partial charge < -0.3 is 16.8 Å². The lowest BCUT2D eigenvalue weighted by Gasteiger charge is -2.38. The van der Waals surface area contributed by atoms with Crippen LogP contribution in [-0.2, 0) is 4.79 Å². The number of halogens is 3. The van der Waals surface area contributed by atoms with Gasteiger partial charge in [-0.1, -0.05) is 40.5 Å². The Morgan fingerprint density at radius 3 is 2.28 bits per heavy atom. The standard InChI is InChI=1S/C18H32F3N3O/c1-11(9-17(2,3)4)12-7-5-6-8-14(12)24-16(25)13(10-22)15(23)18(19,20)21/h10-12,14-15H,5-9,22-23H2,1-4H3,(H,24,25)/b13-10+. The summed E-state index contributed by atoms with van der Waals surface area (Å²) in [7, 11) is 0. The Labute approximate surface area is 148 Å². The molecule has 4 atom stereocenters. The van der Waals surface area contributed by atoms with Gasteiger partial charge in [0.25, 0.3) is 5.91 Å². The fraction of sp³-hybridized carbons (Fsp3) is 0.833. The molecule has 0 aromatic carbocycles. The third kappa shape index (κ3) is 6.53. The van der Waals surface area contributed by atoms with Crippen LogP contribution >= 0.6 is 0 Å². The van der Waals surface area contributed by atoms with E-state index in [-0.39, 0.29) is 17.4 Å². The smallest absolute Gasteiger partial charge is 0.404 e. The van der Waals surface area contributed by atoms with Crippen molar-refractivity contribution in [1.82, 2.24) is 5.32 Å². The van der Waals surface area contributed by atoms with Crippen LogP contribution in [0.4, 0.5) is 13.2 Å². The van der Waals surface area contributed by atoms with Crippen molar-refractivity contribution in [3.05, 3.63) is 11.8 Å². The lowest BCUT2D eigenvalue weighted by atomic mass is 9.71. The number of nitrogens with two attached hydrogens (primary N) is 2. The van der Waals surface area contributed by atoms with Crippen LogP contribution in [0.25, 0.3) is 0 Å². The Morgan fingerprint density at radius 1 is 1.24 bits per heavy atom. The van der Waals surface area contributed by atoms with Crippen LogP contribution in [0.15, 0.2) is 11.8 Å². The summed E-state index contributed by atoms with van der Waals surface area (Å²) in [5.41, 5.74) is 9.94. The minimum Gasteiger partial charge on any atom is -0.404 e. The summed E-state index contributed by atoms with van der Waals surface area (Å²) in [6.45, 7) is 8.65. The van der Waals surface area contributed by atoms with Gasteiger partial charge in [0.1, 0.15) is 6.04 Å². The zero-order valence-corrected chi connectivity index (χ0v) is 15.6. The number of alkyl halides is 3. The third-order valence-electron chi connectivity index (χ3n) is 4.93. The molecule has 1 amide bonds. The zero-order valence-electron chi connectivity index (χ0n) is 15.6. The van der Waals surface area contributed by atoms with Crippen molar-refractivity contribution < 1.29 is 18.0 Å². The summed E-state index contributed by atoms with van der Waals surface area (Å²) < 4.78 is 38.4. The van der Waals surface area contributed by atoms with Gasteiger partial charge in [-0.25, -0.2) is 0 Å². The highest BCUT2D eigenvalue weighted by molar-refractivity contribution is 5.94. The van der Waals surface area contributed by atoms with Crippen LogP contribution < -0.4 is 16.8 Å². The molecule has 4 unspecified atom stereocenters. The van der Waals surface area contributed by atoms with E-state index in [0.29, 0.717) is 12.1 Å². The predicted molar refractivity (Wildman–Crippen MR) is 93.4 cm³/mol. The van der Waals surface area contributed by atoms with Gasteiger partial charge in [0.15, 0.2) is 0 Å². The minimum atomic E-state index is -4.70. The van der Waals surface area contributed by atoms with E-state index in [2.05, 4.69) is 33.0 Å². The number of rotatable bonds is 5. The molecule has 5 N–H and O–H groups in total. The van der Waals surface area contributed by atoms with E-state index in [1.807, 2.05) is 0 Å². The summed E-state index contributed by atoms with van der Waals surface area (Å²) in [5.74, 6) is -0.197. The molecule has 146 valence electrons. The lowest BCUT2D eigenvalue weighted by molar-refractivity contribution is -0.144. The summed E-state index contributed by atoms with van der Waals surface area (Å²) in [6, 6.07) is -2.51. The second kappa shape index (κ2) is 8.43. The van der Waals surface area contributed by atoms with Crippen molar-refractivity contribution in [2.24, 2.45) is 28.7 Å². The van der Waals surface area contributed by atoms with Crippen molar-refractivity contribution in [3.8, 4) is 0 Å². The first-order chi connectivity index (χ1) is 11.4. The molecule has 0 bridgehead atoms. The molecule has 0 radical (unpaired) electrons. The molecule has 1 saturated carbocycles. The Bertz CT molecular complexity index is 483. The second-order valence-corrected chi connectivity index (χ2v) is 8.41. The van der Waals surface area contributed by atoms with Crippen LogP contribution in [0.1, 0.15) is 59.8 Å². The highest BCUT2D eigenvalue weighted by atomic mass is 19.4. The van der Waals surface area contributed by atoms with Crippen molar-refractivity contribution >= 4 is 5.91 Å². The average Bonchev–Trinajstić information content (AvgIpc) is 2.45. The number of carbonyl (C=O) groups is 1. The average molecular weight is 363 g/mol. The Balaban J connectivity index is 2.84. The van der Waals surface area contributed by atoms with E-state index in [4.69, 9.17) is 11.5 Å². The Morgan fingerprint density at radius 2 is 1.80 bits per heavy atom. The first kappa shape index (κ1) is 21.8. The summed E-state index contributed by atoms with van der Waals surface area (Å²) >= 11 is 0. The van der Waals surface area contributed by atoms with E-state index in [9.17, 15) is 18.0 Å². The predicted octanol–water partition coefficient (Wildman–Crippen LogP) is 3.47. The van der Waals surface area contributed by atoms with Gasteiger partial charge in [0.05, 0.1) is 5.57 Å². The van der Waals surface area contributed by atoms with E-state index in [1.165, 1.54) is 0 Å². The highest BCUT2D eigenvalue weighted by Crippen LogP contribution is 2.37. The molecule has 7 heteroatoms.